The van der Waals surface area contributed by atoms with Crippen LogP contribution in [0.5, 0.6) is 0 Å². The van der Waals surface area contributed by atoms with Crippen LogP contribution in [0.15, 0.2) is 18.6 Å². The quantitative estimate of drug-likeness (QED) is 0.732. The number of hydrogen-bond acceptors (Lipinski definition) is 4. The number of nitrogens with zero attached hydrogens (tertiary/aromatic N) is 2. The Bertz CT molecular complexity index is 204. The lowest BCUT2D eigenvalue weighted by Crippen LogP contribution is -2.25. The molecule has 4 nitrogen and oxygen atoms in total. The van der Waals surface area contributed by atoms with Crippen LogP contribution in [-0.2, 0) is 0 Å². The molecule has 1 rings (SSSR count). The minimum absolute atomic E-state index is 0. The Kier molecular flexibility index (Phi) is 5.32. The summed E-state index contributed by atoms with van der Waals surface area (Å²) in [6.07, 6.45) is 4.95. The van der Waals surface area contributed by atoms with Crippen LogP contribution < -0.4 is 11.1 Å². The van der Waals surface area contributed by atoms with Crippen molar-refractivity contribution in [1.82, 2.24) is 9.97 Å². The van der Waals surface area contributed by atoms with Gasteiger partial charge in [0.05, 0.1) is 6.20 Å². The van der Waals surface area contributed by atoms with E-state index in [4.69, 9.17) is 5.73 Å². The first-order chi connectivity index (χ1) is 5.33. The number of nitrogens with one attached hydrogen (secondary N) is 1. The smallest absolute Gasteiger partial charge is 0.144 e. The predicted octanol–water partition coefficient (Wildman–Crippen LogP) is 0.657. The second kappa shape index (κ2) is 5.74. The first kappa shape index (κ1) is 11.1. The van der Waals surface area contributed by atoms with Gasteiger partial charge in [-0.05, 0) is 6.92 Å². The van der Waals surface area contributed by atoms with Crippen LogP contribution >= 0.6 is 12.4 Å². The van der Waals surface area contributed by atoms with E-state index in [2.05, 4.69) is 15.3 Å². The predicted molar refractivity (Wildman–Crippen MR) is 51.4 cm³/mol. The van der Waals surface area contributed by atoms with Gasteiger partial charge < -0.3 is 11.1 Å². The molecule has 0 aliphatic carbocycles. The van der Waals surface area contributed by atoms with E-state index in [1.807, 2.05) is 6.92 Å². The number of halogens is 1. The normalized spacial score (nSPS) is 11.5. The molecule has 1 atom stereocenters. The summed E-state index contributed by atoms with van der Waals surface area (Å²) in [5, 5.41) is 3.09. The molecule has 0 amide bonds. The van der Waals surface area contributed by atoms with E-state index in [1.54, 1.807) is 18.6 Å². The number of rotatable bonds is 3. The van der Waals surface area contributed by atoms with Crippen LogP contribution in [-0.4, -0.2) is 22.6 Å². The molecule has 0 aliphatic heterocycles. The Morgan fingerprint density at radius 3 is 2.83 bits per heavy atom. The highest BCUT2D eigenvalue weighted by Crippen LogP contribution is 1.98. The van der Waals surface area contributed by atoms with Gasteiger partial charge >= 0.3 is 0 Å². The Labute approximate surface area is 78.0 Å². The molecule has 0 saturated carbocycles. The van der Waals surface area contributed by atoms with E-state index in [1.165, 1.54) is 0 Å². The van der Waals surface area contributed by atoms with Crippen LogP contribution in [0.1, 0.15) is 6.92 Å². The van der Waals surface area contributed by atoms with Gasteiger partial charge in [0, 0.05) is 25.0 Å². The lowest BCUT2D eigenvalue weighted by atomic mass is 10.3. The van der Waals surface area contributed by atoms with Crippen LogP contribution in [0.4, 0.5) is 5.82 Å². The summed E-state index contributed by atoms with van der Waals surface area (Å²) in [6, 6.07) is 0.242. The van der Waals surface area contributed by atoms with Gasteiger partial charge in [-0.15, -0.1) is 12.4 Å². The second-order valence-corrected chi connectivity index (χ2v) is 2.37. The molecule has 1 aromatic rings. The standard InChI is InChI=1S/C7H12N4.ClH/c1-6(4-8)11-7-5-9-2-3-10-7;/h2-3,5-6H,4,8H2,1H3,(H,10,11);1H/t6-;/m0./s1. The molecule has 1 heterocycles. The third kappa shape index (κ3) is 3.50. The molecular formula is C7H13ClN4. The molecule has 0 fully saturated rings. The van der Waals surface area contributed by atoms with Crippen molar-refractivity contribution in [3.05, 3.63) is 18.6 Å². The molecule has 0 aromatic carbocycles. The van der Waals surface area contributed by atoms with Gasteiger partial charge in [0.15, 0.2) is 0 Å². The maximum atomic E-state index is 5.41. The summed E-state index contributed by atoms with van der Waals surface area (Å²) in [4.78, 5) is 7.94. The molecule has 0 aliphatic rings. The minimum atomic E-state index is 0. The molecule has 0 radical (unpaired) electrons. The van der Waals surface area contributed by atoms with Gasteiger partial charge in [0.25, 0.3) is 0 Å². The van der Waals surface area contributed by atoms with Crippen molar-refractivity contribution < 1.29 is 0 Å². The number of aromatic nitrogens is 2. The fourth-order valence-electron chi connectivity index (χ4n) is 0.685. The Morgan fingerprint density at radius 2 is 2.33 bits per heavy atom. The van der Waals surface area contributed by atoms with Crippen LogP contribution in [0.25, 0.3) is 0 Å². The van der Waals surface area contributed by atoms with Crippen LogP contribution in [0, 0.1) is 0 Å². The van der Waals surface area contributed by atoms with E-state index in [9.17, 15) is 0 Å². The van der Waals surface area contributed by atoms with Gasteiger partial charge in [0.1, 0.15) is 5.82 Å². The van der Waals surface area contributed by atoms with E-state index in [-0.39, 0.29) is 18.4 Å². The third-order valence-corrected chi connectivity index (χ3v) is 1.31. The lowest BCUT2D eigenvalue weighted by Gasteiger charge is -2.10. The summed E-state index contributed by atoms with van der Waals surface area (Å²) in [5.74, 6) is 0.769. The van der Waals surface area contributed by atoms with Crippen molar-refractivity contribution in [3.8, 4) is 0 Å². The number of nitrogens with two attached hydrogens (primary N) is 1. The summed E-state index contributed by atoms with van der Waals surface area (Å²) < 4.78 is 0. The monoisotopic (exact) mass is 188 g/mol. The first-order valence-electron chi connectivity index (χ1n) is 3.55. The van der Waals surface area contributed by atoms with E-state index >= 15 is 0 Å². The lowest BCUT2D eigenvalue weighted by molar-refractivity contribution is 0.796. The average Bonchev–Trinajstić information content (AvgIpc) is 2.06. The molecule has 0 spiro atoms. The zero-order valence-electron chi connectivity index (χ0n) is 6.90. The molecule has 68 valence electrons. The van der Waals surface area contributed by atoms with Crippen molar-refractivity contribution in [2.24, 2.45) is 5.73 Å². The van der Waals surface area contributed by atoms with Crippen LogP contribution in [0.3, 0.4) is 0 Å². The van der Waals surface area contributed by atoms with Gasteiger partial charge in [-0.25, -0.2) is 4.98 Å². The highest BCUT2D eigenvalue weighted by Gasteiger charge is 1.97. The number of hydrogen-bond donors (Lipinski definition) is 2. The molecule has 0 unspecified atom stereocenters. The molecular weight excluding hydrogens is 176 g/mol. The minimum Gasteiger partial charge on any atom is -0.365 e. The fourth-order valence-corrected chi connectivity index (χ4v) is 0.685. The maximum Gasteiger partial charge on any atom is 0.144 e. The van der Waals surface area contributed by atoms with Gasteiger partial charge in [0.2, 0.25) is 0 Å². The maximum absolute atomic E-state index is 5.41. The Morgan fingerprint density at radius 1 is 1.58 bits per heavy atom. The zero-order valence-corrected chi connectivity index (χ0v) is 7.71. The Balaban J connectivity index is 0.00000121. The largest absolute Gasteiger partial charge is 0.365 e. The van der Waals surface area contributed by atoms with Crippen molar-refractivity contribution in [2.45, 2.75) is 13.0 Å². The zero-order chi connectivity index (χ0) is 8.10. The highest BCUT2D eigenvalue weighted by atomic mass is 35.5. The topological polar surface area (TPSA) is 63.8 Å². The third-order valence-electron chi connectivity index (χ3n) is 1.31. The first-order valence-corrected chi connectivity index (χ1v) is 3.55. The average molecular weight is 189 g/mol. The fraction of sp³-hybridized carbons (Fsp3) is 0.429. The summed E-state index contributed by atoms with van der Waals surface area (Å²) in [6.45, 7) is 2.59. The van der Waals surface area contributed by atoms with Gasteiger partial charge in [-0.3, -0.25) is 4.98 Å². The SMILES string of the molecule is C[C@@H](CN)Nc1cnccn1.Cl. The molecule has 5 heteroatoms. The summed E-state index contributed by atoms with van der Waals surface area (Å²) in [5.41, 5.74) is 5.41. The second-order valence-electron chi connectivity index (χ2n) is 2.37. The summed E-state index contributed by atoms with van der Waals surface area (Å²) in [7, 11) is 0. The van der Waals surface area contributed by atoms with Crippen molar-refractivity contribution in [1.29, 1.82) is 0 Å². The van der Waals surface area contributed by atoms with Crippen LogP contribution in [0.2, 0.25) is 0 Å². The van der Waals surface area contributed by atoms with Gasteiger partial charge in [-0.2, -0.15) is 0 Å². The van der Waals surface area contributed by atoms with Crippen molar-refractivity contribution in [2.75, 3.05) is 11.9 Å². The highest BCUT2D eigenvalue weighted by molar-refractivity contribution is 5.85. The molecule has 1 aromatic heterocycles. The molecule has 3 N–H and O–H groups in total. The number of anilines is 1. The Hall–Kier alpha value is -0.870. The van der Waals surface area contributed by atoms with E-state index < -0.39 is 0 Å². The molecule has 0 saturated heterocycles. The van der Waals surface area contributed by atoms with Crippen molar-refractivity contribution in [3.63, 3.8) is 0 Å². The molecule has 0 bridgehead atoms. The van der Waals surface area contributed by atoms with Crippen molar-refractivity contribution >= 4 is 18.2 Å². The van der Waals surface area contributed by atoms with Gasteiger partial charge in [-0.1, -0.05) is 0 Å². The van der Waals surface area contributed by atoms with E-state index in [0.29, 0.717) is 6.54 Å². The summed E-state index contributed by atoms with van der Waals surface area (Å²) >= 11 is 0. The van der Waals surface area contributed by atoms with E-state index in [0.717, 1.165) is 5.82 Å². The molecule has 12 heavy (non-hydrogen) atoms.